The van der Waals surface area contributed by atoms with E-state index in [1.165, 1.54) is 23.2 Å². The van der Waals surface area contributed by atoms with Crippen LogP contribution in [-0.2, 0) is 6.42 Å². The first-order chi connectivity index (χ1) is 14.1. The van der Waals surface area contributed by atoms with Crippen molar-refractivity contribution in [1.29, 1.82) is 0 Å². The zero-order valence-corrected chi connectivity index (χ0v) is 15.4. The minimum absolute atomic E-state index is 0.0323. The number of pyridine rings is 1. The van der Waals surface area contributed by atoms with E-state index in [4.69, 9.17) is 0 Å². The lowest BCUT2D eigenvalue weighted by Crippen LogP contribution is -2.13. The molecule has 0 aliphatic carbocycles. The molecule has 0 saturated carbocycles. The second-order valence-electron chi connectivity index (χ2n) is 6.55. The van der Waals surface area contributed by atoms with E-state index in [-0.39, 0.29) is 5.56 Å². The number of amides is 1. The highest BCUT2D eigenvalue weighted by molar-refractivity contribution is 6.04. The van der Waals surface area contributed by atoms with Crippen LogP contribution in [0.4, 0.5) is 20.3 Å². The molecule has 2 aromatic heterocycles. The number of H-pyrrole nitrogens is 1. The molecule has 0 spiro atoms. The minimum atomic E-state index is -1.06. The quantitative estimate of drug-likeness (QED) is 0.444. The molecule has 4 aromatic rings. The predicted molar refractivity (Wildman–Crippen MR) is 109 cm³/mol. The molecule has 2 heterocycles. The van der Waals surface area contributed by atoms with E-state index in [1.807, 2.05) is 24.4 Å². The van der Waals surface area contributed by atoms with Crippen molar-refractivity contribution in [2.45, 2.75) is 6.42 Å². The zero-order chi connectivity index (χ0) is 20.2. The van der Waals surface area contributed by atoms with Gasteiger partial charge in [-0.15, -0.1) is 0 Å². The highest BCUT2D eigenvalue weighted by atomic mass is 19.2. The molecular weight excluding hydrogens is 374 g/mol. The Bertz CT molecular complexity index is 1160. The third kappa shape index (κ3) is 4.24. The molecule has 7 heteroatoms. The van der Waals surface area contributed by atoms with Crippen molar-refractivity contribution in [3.63, 3.8) is 0 Å². The van der Waals surface area contributed by atoms with Crippen molar-refractivity contribution in [1.82, 2.24) is 9.97 Å². The summed E-state index contributed by atoms with van der Waals surface area (Å²) in [4.78, 5) is 19.7. The largest absolute Gasteiger partial charge is 0.370 e. The number of carbonyl (C=O) groups is 1. The molecule has 3 N–H and O–H groups in total. The van der Waals surface area contributed by atoms with Crippen molar-refractivity contribution < 1.29 is 13.6 Å². The lowest BCUT2D eigenvalue weighted by molar-refractivity contribution is 0.102. The average molecular weight is 392 g/mol. The van der Waals surface area contributed by atoms with Crippen molar-refractivity contribution >= 4 is 28.3 Å². The molecule has 0 unspecified atom stereocenters. The maximum atomic E-state index is 13.3. The molecule has 0 fully saturated rings. The summed E-state index contributed by atoms with van der Waals surface area (Å²) in [5.41, 5.74) is 2.83. The van der Waals surface area contributed by atoms with Gasteiger partial charge in [0.05, 0.1) is 11.9 Å². The van der Waals surface area contributed by atoms with Gasteiger partial charge in [0.15, 0.2) is 11.6 Å². The number of hydrogen-bond donors (Lipinski definition) is 3. The fraction of sp³-hybridized carbons (Fsp3) is 0.0909. The summed E-state index contributed by atoms with van der Waals surface area (Å²) in [5.74, 6) is -1.92. The number of aromatic amines is 1. The monoisotopic (exact) mass is 392 g/mol. The molecule has 0 saturated heterocycles. The number of para-hydroxylation sites is 1. The number of nitrogens with one attached hydrogen (secondary N) is 3. The van der Waals surface area contributed by atoms with Gasteiger partial charge in [0.1, 0.15) is 5.82 Å². The van der Waals surface area contributed by atoms with Crippen LogP contribution in [0.3, 0.4) is 0 Å². The maximum Gasteiger partial charge on any atom is 0.255 e. The molecule has 0 radical (unpaired) electrons. The van der Waals surface area contributed by atoms with Crippen LogP contribution in [0.15, 0.2) is 67.0 Å². The summed E-state index contributed by atoms with van der Waals surface area (Å²) >= 11 is 0. The van der Waals surface area contributed by atoms with E-state index in [9.17, 15) is 13.6 Å². The summed E-state index contributed by atoms with van der Waals surface area (Å²) in [5, 5.41) is 7.06. The van der Waals surface area contributed by atoms with Crippen LogP contribution in [0.5, 0.6) is 0 Å². The van der Waals surface area contributed by atoms with Gasteiger partial charge < -0.3 is 15.6 Å². The Balaban J connectivity index is 1.33. The molecule has 4 rings (SSSR count). The third-order valence-corrected chi connectivity index (χ3v) is 4.58. The van der Waals surface area contributed by atoms with Crippen LogP contribution in [0.2, 0.25) is 0 Å². The number of benzene rings is 2. The molecule has 0 bridgehead atoms. The second kappa shape index (κ2) is 8.10. The van der Waals surface area contributed by atoms with Crippen LogP contribution in [0, 0.1) is 11.6 Å². The Kier molecular flexibility index (Phi) is 5.20. The van der Waals surface area contributed by atoms with Gasteiger partial charge in [0.25, 0.3) is 5.91 Å². The van der Waals surface area contributed by atoms with Gasteiger partial charge in [-0.3, -0.25) is 4.79 Å². The van der Waals surface area contributed by atoms with Crippen molar-refractivity contribution in [3.05, 3.63) is 89.8 Å². The molecule has 1 amide bonds. The third-order valence-electron chi connectivity index (χ3n) is 4.58. The Morgan fingerprint density at radius 1 is 1.03 bits per heavy atom. The molecule has 2 aromatic carbocycles. The summed E-state index contributed by atoms with van der Waals surface area (Å²) in [6.45, 7) is 0.704. The number of carbonyl (C=O) groups excluding carboxylic acids is 1. The molecular formula is C22H18F2N4O. The van der Waals surface area contributed by atoms with Gasteiger partial charge in [0, 0.05) is 29.2 Å². The maximum absolute atomic E-state index is 13.3. The number of aromatic nitrogens is 2. The van der Waals surface area contributed by atoms with E-state index >= 15 is 0 Å². The van der Waals surface area contributed by atoms with E-state index in [2.05, 4.69) is 26.7 Å². The molecule has 0 aliphatic heterocycles. The van der Waals surface area contributed by atoms with Crippen molar-refractivity contribution in [2.24, 2.45) is 0 Å². The number of fused-ring (bicyclic) bond motifs is 1. The SMILES string of the molecule is O=C(Nc1ccc(NCCc2c[nH]c3ccccc23)nc1)c1ccc(F)c(F)c1. The standard InChI is InChI=1S/C22H18F2N4O/c23-18-7-5-14(11-19(18)24)22(29)28-16-6-8-21(27-13-16)25-10-9-15-12-26-20-4-2-1-3-17(15)20/h1-8,11-13,26H,9-10H2,(H,25,27)(H,28,29). The molecule has 5 nitrogen and oxygen atoms in total. The predicted octanol–water partition coefficient (Wildman–Crippen LogP) is 4.75. The van der Waals surface area contributed by atoms with Crippen molar-refractivity contribution in [3.8, 4) is 0 Å². The fourth-order valence-corrected chi connectivity index (χ4v) is 3.08. The van der Waals surface area contributed by atoms with Gasteiger partial charge in [-0.2, -0.15) is 0 Å². The van der Waals surface area contributed by atoms with Gasteiger partial charge in [-0.25, -0.2) is 13.8 Å². The van der Waals surface area contributed by atoms with Crippen LogP contribution in [-0.4, -0.2) is 22.4 Å². The number of halogens is 2. The Hall–Kier alpha value is -3.74. The van der Waals surface area contributed by atoms with Crippen LogP contribution in [0.25, 0.3) is 10.9 Å². The van der Waals surface area contributed by atoms with Gasteiger partial charge in [-0.1, -0.05) is 18.2 Å². The highest BCUT2D eigenvalue weighted by Gasteiger charge is 2.10. The summed E-state index contributed by atoms with van der Waals surface area (Å²) in [7, 11) is 0. The summed E-state index contributed by atoms with van der Waals surface area (Å²) in [6.07, 6.45) is 4.35. The molecule has 0 atom stereocenters. The van der Waals surface area contributed by atoms with E-state index in [0.717, 1.165) is 24.1 Å². The van der Waals surface area contributed by atoms with Gasteiger partial charge in [-0.05, 0) is 48.4 Å². The number of hydrogen-bond acceptors (Lipinski definition) is 3. The van der Waals surface area contributed by atoms with E-state index in [1.54, 1.807) is 12.1 Å². The number of nitrogens with zero attached hydrogens (tertiary/aromatic N) is 1. The first-order valence-electron chi connectivity index (χ1n) is 9.11. The van der Waals surface area contributed by atoms with Crippen LogP contribution < -0.4 is 10.6 Å². The second-order valence-corrected chi connectivity index (χ2v) is 6.55. The minimum Gasteiger partial charge on any atom is -0.370 e. The van der Waals surface area contributed by atoms with Crippen LogP contribution in [0.1, 0.15) is 15.9 Å². The Morgan fingerprint density at radius 2 is 1.90 bits per heavy atom. The lowest BCUT2D eigenvalue weighted by atomic mass is 10.1. The highest BCUT2D eigenvalue weighted by Crippen LogP contribution is 2.18. The summed E-state index contributed by atoms with van der Waals surface area (Å²) < 4.78 is 26.2. The number of anilines is 2. The van der Waals surface area contributed by atoms with E-state index in [0.29, 0.717) is 18.1 Å². The van der Waals surface area contributed by atoms with Crippen molar-refractivity contribution in [2.75, 3.05) is 17.2 Å². The van der Waals surface area contributed by atoms with Gasteiger partial charge >= 0.3 is 0 Å². The van der Waals surface area contributed by atoms with Crippen LogP contribution >= 0.6 is 0 Å². The lowest BCUT2D eigenvalue weighted by Gasteiger charge is -2.08. The normalized spacial score (nSPS) is 10.8. The Labute approximate surface area is 165 Å². The molecule has 29 heavy (non-hydrogen) atoms. The van der Waals surface area contributed by atoms with Gasteiger partial charge in [0.2, 0.25) is 0 Å². The molecule has 0 aliphatic rings. The number of rotatable bonds is 6. The molecule has 146 valence electrons. The summed E-state index contributed by atoms with van der Waals surface area (Å²) in [6, 6.07) is 14.6. The topological polar surface area (TPSA) is 69.8 Å². The average Bonchev–Trinajstić information content (AvgIpc) is 3.14. The fourth-order valence-electron chi connectivity index (χ4n) is 3.08. The first-order valence-corrected chi connectivity index (χ1v) is 9.11. The smallest absolute Gasteiger partial charge is 0.255 e. The van der Waals surface area contributed by atoms with E-state index < -0.39 is 17.5 Å². The first kappa shape index (κ1) is 18.6. The zero-order valence-electron chi connectivity index (χ0n) is 15.4. The Morgan fingerprint density at radius 3 is 2.69 bits per heavy atom.